The van der Waals surface area contributed by atoms with Crippen molar-refractivity contribution in [1.82, 2.24) is 4.90 Å². The van der Waals surface area contributed by atoms with Crippen LogP contribution in [0.5, 0.6) is 23.0 Å². The lowest BCUT2D eigenvalue weighted by atomic mass is 9.76. The summed E-state index contributed by atoms with van der Waals surface area (Å²) in [5.41, 5.74) is 6.65. The molecule has 2 N–H and O–H groups in total. The molecule has 1 heterocycles. The van der Waals surface area contributed by atoms with Crippen molar-refractivity contribution in [3.8, 4) is 40.2 Å². The molecular weight excluding hydrogens is 404 g/mol. The monoisotopic (exact) mass is 428 g/mol. The van der Waals surface area contributed by atoms with E-state index in [1.165, 1.54) is 12.7 Å². The fourth-order valence-corrected chi connectivity index (χ4v) is 5.06. The molecule has 3 aromatic carbocycles. The molecule has 0 saturated carbocycles. The van der Waals surface area contributed by atoms with Crippen molar-refractivity contribution in [2.24, 2.45) is 0 Å². The van der Waals surface area contributed by atoms with Gasteiger partial charge in [0.25, 0.3) is 0 Å². The molecule has 0 saturated heterocycles. The summed E-state index contributed by atoms with van der Waals surface area (Å²) in [5, 5.41) is 30.6. The van der Waals surface area contributed by atoms with Crippen molar-refractivity contribution in [2.45, 2.75) is 25.4 Å². The van der Waals surface area contributed by atoms with Gasteiger partial charge in [-0.1, -0.05) is 12.1 Å². The van der Waals surface area contributed by atoms with Gasteiger partial charge in [-0.25, -0.2) is 0 Å². The molecule has 0 bridgehead atoms. The third-order valence-electron chi connectivity index (χ3n) is 6.61. The minimum Gasteiger partial charge on any atom is -0.504 e. The number of nitriles is 1. The summed E-state index contributed by atoms with van der Waals surface area (Å²) in [7, 11) is 3.08. The highest BCUT2D eigenvalue weighted by Gasteiger charge is 2.37. The van der Waals surface area contributed by atoms with Crippen LogP contribution < -0.4 is 9.47 Å². The smallest absolute Gasteiger partial charge is 0.166 e. The van der Waals surface area contributed by atoms with Crippen LogP contribution in [-0.4, -0.2) is 35.9 Å². The van der Waals surface area contributed by atoms with Crippen molar-refractivity contribution >= 4 is 0 Å². The number of methoxy groups -OCH3 is 2. The lowest BCUT2D eigenvalue weighted by Gasteiger charge is -2.42. The Kier molecular flexibility index (Phi) is 4.91. The van der Waals surface area contributed by atoms with E-state index in [0.29, 0.717) is 17.1 Å². The minimum absolute atomic E-state index is 0.0569. The van der Waals surface area contributed by atoms with Gasteiger partial charge in [-0.3, -0.25) is 4.90 Å². The number of ether oxygens (including phenoxy) is 2. The molecule has 0 fully saturated rings. The zero-order chi connectivity index (χ0) is 22.4. The third kappa shape index (κ3) is 3.14. The number of hydrogen-bond acceptors (Lipinski definition) is 6. The number of nitrogens with zero attached hydrogens (tertiary/aromatic N) is 2. The van der Waals surface area contributed by atoms with Crippen LogP contribution in [0.1, 0.15) is 33.9 Å². The molecule has 1 aliphatic heterocycles. The topological polar surface area (TPSA) is 86.0 Å². The molecule has 6 heteroatoms. The van der Waals surface area contributed by atoms with E-state index >= 15 is 0 Å². The second kappa shape index (κ2) is 7.77. The molecule has 1 unspecified atom stereocenters. The maximum absolute atomic E-state index is 11.1. The number of rotatable bonds is 4. The molecule has 0 radical (unpaired) electrons. The molecule has 5 rings (SSSR count). The van der Waals surface area contributed by atoms with Crippen LogP contribution in [-0.2, 0) is 19.4 Å². The Hall–Kier alpha value is -3.69. The van der Waals surface area contributed by atoms with Gasteiger partial charge in [-0.15, -0.1) is 0 Å². The maximum Gasteiger partial charge on any atom is 0.166 e. The third-order valence-corrected chi connectivity index (χ3v) is 6.61. The summed E-state index contributed by atoms with van der Waals surface area (Å²) >= 11 is 0. The number of fused-ring (bicyclic) bond motifs is 2. The van der Waals surface area contributed by atoms with E-state index in [1.807, 2.05) is 30.3 Å². The van der Waals surface area contributed by atoms with Crippen LogP contribution in [0.2, 0.25) is 0 Å². The standard InChI is InChI=1S/C26H24N2O4/c1-31-22-12-19-18(10-21(22)29)9-20-24-17(11-23(32-2)26(30)25(19)24)7-8-28(20)14-16-5-3-15(13-27)4-6-16/h3-6,10-12,20,29-30H,7-9,14H2,1-2H3. The second-order valence-electron chi connectivity index (χ2n) is 8.31. The number of phenols is 2. The quantitative estimate of drug-likeness (QED) is 0.644. The van der Waals surface area contributed by atoms with Crippen molar-refractivity contribution in [3.05, 3.63) is 70.3 Å². The van der Waals surface area contributed by atoms with Crippen LogP contribution in [0.25, 0.3) is 11.1 Å². The van der Waals surface area contributed by atoms with Crippen LogP contribution in [0.3, 0.4) is 0 Å². The van der Waals surface area contributed by atoms with Crippen molar-refractivity contribution in [3.63, 3.8) is 0 Å². The molecule has 2 aliphatic rings. The molecule has 6 nitrogen and oxygen atoms in total. The highest BCUT2D eigenvalue weighted by molar-refractivity contribution is 5.84. The van der Waals surface area contributed by atoms with Gasteiger partial charge >= 0.3 is 0 Å². The fourth-order valence-electron chi connectivity index (χ4n) is 5.06. The number of phenolic OH excluding ortho intramolecular Hbond substituents is 2. The first-order valence-corrected chi connectivity index (χ1v) is 10.6. The molecule has 0 spiro atoms. The van der Waals surface area contributed by atoms with E-state index in [9.17, 15) is 10.2 Å². The predicted octanol–water partition coefficient (Wildman–Crippen LogP) is 4.31. The summed E-state index contributed by atoms with van der Waals surface area (Å²) in [6.07, 6.45) is 1.56. The normalized spacial score (nSPS) is 16.6. The largest absolute Gasteiger partial charge is 0.504 e. The Bertz CT molecular complexity index is 1240. The van der Waals surface area contributed by atoms with E-state index in [2.05, 4.69) is 11.0 Å². The first-order valence-electron chi connectivity index (χ1n) is 10.6. The highest BCUT2D eigenvalue weighted by atomic mass is 16.5. The number of benzene rings is 3. The molecule has 32 heavy (non-hydrogen) atoms. The van der Waals surface area contributed by atoms with Gasteiger partial charge in [0.05, 0.1) is 25.9 Å². The van der Waals surface area contributed by atoms with Crippen molar-refractivity contribution in [2.75, 3.05) is 20.8 Å². The van der Waals surface area contributed by atoms with Crippen LogP contribution in [0.4, 0.5) is 0 Å². The summed E-state index contributed by atoms with van der Waals surface area (Å²) < 4.78 is 10.8. The Morgan fingerprint density at radius 3 is 2.47 bits per heavy atom. The molecule has 0 aromatic heterocycles. The summed E-state index contributed by atoms with van der Waals surface area (Å²) in [6.45, 7) is 1.60. The van der Waals surface area contributed by atoms with E-state index in [4.69, 9.17) is 14.7 Å². The summed E-state index contributed by atoms with van der Waals surface area (Å²) in [5.74, 6) is 1.04. The summed E-state index contributed by atoms with van der Waals surface area (Å²) in [6, 6.07) is 15.4. The van der Waals surface area contributed by atoms with Gasteiger partial charge in [-0.05, 0) is 71.0 Å². The van der Waals surface area contributed by atoms with Crippen LogP contribution in [0, 0.1) is 11.3 Å². The second-order valence-corrected chi connectivity index (χ2v) is 8.31. The minimum atomic E-state index is 0.0569. The van der Waals surface area contributed by atoms with Crippen LogP contribution >= 0.6 is 0 Å². The van der Waals surface area contributed by atoms with Gasteiger partial charge in [-0.2, -0.15) is 5.26 Å². The van der Waals surface area contributed by atoms with E-state index in [0.717, 1.165) is 53.7 Å². The van der Waals surface area contributed by atoms with E-state index < -0.39 is 0 Å². The first-order chi connectivity index (χ1) is 15.5. The molecular formula is C26H24N2O4. The molecule has 162 valence electrons. The maximum atomic E-state index is 11.1. The zero-order valence-electron chi connectivity index (χ0n) is 18.1. The number of aromatic hydroxyl groups is 2. The molecule has 0 amide bonds. The highest BCUT2D eigenvalue weighted by Crippen LogP contribution is 2.53. The SMILES string of the molecule is COc1cc2c(cc1O)CC1c3c(cc(OC)c(O)c3-2)CCN1Cc1ccc(C#N)cc1. The lowest BCUT2D eigenvalue weighted by Crippen LogP contribution is -2.38. The molecule has 1 atom stereocenters. The van der Waals surface area contributed by atoms with Crippen LogP contribution in [0.15, 0.2) is 42.5 Å². The van der Waals surface area contributed by atoms with Gasteiger partial charge in [0, 0.05) is 24.7 Å². The lowest BCUT2D eigenvalue weighted by molar-refractivity contribution is 0.173. The van der Waals surface area contributed by atoms with Crippen molar-refractivity contribution in [1.29, 1.82) is 5.26 Å². The zero-order valence-corrected chi connectivity index (χ0v) is 18.1. The van der Waals surface area contributed by atoms with Gasteiger partial charge in [0.15, 0.2) is 23.0 Å². The van der Waals surface area contributed by atoms with Gasteiger partial charge in [0.1, 0.15) is 0 Å². The Balaban J connectivity index is 1.63. The Morgan fingerprint density at radius 2 is 1.78 bits per heavy atom. The van der Waals surface area contributed by atoms with Gasteiger partial charge < -0.3 is 19.7 Å². The van der Waals surface area contributed by atoms with E-state index in [-0.39, 0.29) is 17.5 Å². The molecule has 1 aliphatic carbocycles. The number of hydrogen-bond donors (Lipinski definition) is 2. The van der Waals surface area contributed by atoms with Crippen molar-refractivity contribution < 1.29 is 19.7 Å². The average Bonchev–Trinajstić information content (AvgIpc) is 2.81. The Labute approximate surface area is 186 Å². The van der Waals surface area contributed by atoms with E-state index in [1.54, 1.807) is 19.2 Å². The first kappa shape index (κ1) is 20.2. The predicted molar refractivity (Wildman–Crippen MR) is 120 cm³/mol. The Morgan fingerprint density at radius 1 is 1.03 bits per heavy atom. The summed E-state index contributed by atoms with van der Waals surface area (Å²) in [4.78, 5) is 2.41. The van der Waals surface area contributed by atoms with Gasteiger partial charge in [0.2, 0.25) is 0 Å². The molecule has 3 aromatic rings. The fraction of sp³-hybridized carbons (Fsp3) is 0.269. The average molecular weight is 428 g/mol.